The molecule has 1 heterocycles. The summed E-state index contributed by atoms with van der Waals surface area (Å²) in [4.78, 5) is 2.76. The van der Waals surface area contributed by atoms with E-state index in [1.807, 2.05) is 0 Å². The zero-order valence-electron chi connectivity index (χ0n) is 11.6. The summed E-state index contributed by atoms with van der Waals surface area (Å²) in [6, 6.07) is 1.36. The van der Waals surface area contributed by atoms with Crippen LogP contribution in [0.15, 0.2) is 0 Å². The van der Waals surface area contributed by atoms with Crippen molar-refractivity contribution in [1.29, 1.82) is 0 Å². The standard InChI is InChI=1S/C14H28N2/c1-10(2)13-9-16(11(3)8-15-13)14(4,5)12-6-7-12/h10-13,15H,6-9H2,1-5H3. The smallest absolute Gasteiger partial charge is 0.0218 e. The second kappa shape index (κ2) is 4.30. The highest BCUT2D eigenvalue weighted by molar-refractivity contribution is 5.01. The maximum absolute atomic E-state index is 3.69. The van der Waals surface area contributed by atoms with Crippen LogP contribution in [0.3, 0.4) is 0 Å². The zero-order chi connectivity index (χ0) is 11.9. The molecule has 1 saturated heterocycles. The molecular formula is C14H28N2. The Balaban J connectivity index is 2.05. The topological polar surface area (TPSA) is 15.3 Å². The van der Waals surface area contributed by atoms with Crippen LogP contribution in [-0.2, 0) is 0 Å². The van der Waals surface area contributed by atoms with E-state index < -0.39 is 0 Å². The lowest BCUT2D eigenvalue weighted by Gasteiger charge is -2.49. The van der Waals surface area contributed by atoms with Crippen molar-refractivity contribution in [3.8, 4) is 0 Å². The second-order valence-electron chi connectivity index (χ2n) is 6.69. The van der Waals surface area contributed by atoms with Crippen LogP contribution in [0.2, 0.25) is 0 Å². The largest absolute Gasteiger partial charge is 0.311 e. The first-order valence-electron chi connectivity index (χ1n) is 6.93. The molecule has 94 valence electrons. The van der Waals surface area contributed by atoms with Gasteiger partial charge in [0.05, 0.1) is 0 Å². The highest BCUT2D eigenvalue weighted by Crippen LogP contribution is 2.44. The summed E-state index contributed by atoms with van der Waals surface area (Å²) >= 11 is 0. The van der Waals surface area contributed by atoms with Crippen molar-refractivity contribution in [2.45, 2.75) is 65.1 Å². The molecule has 0 spiro atoms. The van der Waals surface area contributed by atoms with Crippen molar-refractivity contribution in [1.82, 2.24) is 10.2 Å². The van der Waals surface area contributed by atoms with Crippen molar-refractivity contribution >= 4 is 0 Å². The molecule has 0 aromatic heterocycles. The van der Waals surface area contributed by atoms with Gasteiger partial charge in [-0.2, -0.15) is 0 Å². The molecule has 2 unspecified atom stereocenters. The molecule has 16 heavy (non-hydrogen) atoms. The summed E-state index contributed by atoms with van der Waals surface area (Å²) in [7, 11) is 0. The van der Waals surface area contributed by atoms with Crippen molar-refractivity contribution in [2.24, 2.45) is 11.8 Å². The zero-order valence-corrected chi connectivity index (χ0v) is 11.6. The molecule has 2 heteroatoms. The van der Waals surface area contributed by atoms with Gasteiger partial charge in [-0.3, -0.25) is 4.90 Å². The molecule has 0 radical (unpaired) electrons. The Kier molecular flexibility index (Phi) is 3.33. The van der Waals surface area contributed by atoms with E-state index >= 15 is 0 Å². The predicted molar refractivity (Wildman–Crippen MR) is 69.6 cm³/mol. The Labute approximate surface area is 101 Å². The Morgan fingerprint density at radius 2 is 1.88 bits per heavy atom. The van der Waals surface area contributed by atoms with Gasteiger partial charge in [0.25, 0.3) is 0 Å². The maximum atomic E-state index is 3.69. The summed E-state index contributed by atoms with van der Waals surface area (Å²) in [6.45, 7) is 14.3. The normalized spacial score (nSPS) is 33.4. The van der Waals surface area contributed by atoms with Gasteiger partial charge in [-0.05, 0) is 45.4 Å². The van der Waals surface area contributed by atoms with Gasteiger partial charge < -0.3 is 5.32 Å². The number of rotatable bonds is 3. The van der Waals surface area contributed by atoms with Crippen LogP contribution in [0.1, 0.15) is 47.5 Å². The molecule has 2 fully saturated rings. The van der Waals surface area contributed by atoms with Crippen LogP contribution in [0.4, 0.5) is 0 Å². The Hall–Kier alpha value is -0.0800. The molecule has 2 rings (SSSR count). The first kappa shape index (κ1) is 12.4. The number of piperazine rings is 1. The molecule has 2 aliphatic rings. The molecule has 1 aliphatic heterocycles. The summed E-state index contributed by atoms with van der Waals surface area (Å²) in [5.74, 6) is 1.69. The van der Waals surface area contributed by atoms with Crippen molar-refractivity contribution in [3.05, 3.63) is 0 Å². The fraction of sp³-hybridized carbons (Fsp3) is 1.00. The van der Waals surface area contributed by atoms with E-state index in [4.69, 9.17) is 0 Å². The van der Waals surface area contributed by atoms with Crippen molar-refractivity contribution < 1.29 is 0 Å². The van der Waals surface area contributed by atoms with Gasteiger partial charge >= 0.3 is 0 Å². The fourth-order valence-electron chi connectivity index (χ4n) is 3.16. The molecule has 0 amide bonds. The van der Waals surface area contributed by atoms with Crippen molar-refractivity contribution in [3.63, 3.8) is 0 Å². The molecule has 0 aromatic rings. The third-order valence-corrected chi connectivity index (χ3v) is 4.72. The number of hydrogen-bond donors (Lipinski definition) is 1. The molecule has 1 aliphatic carbocycles. The lowest BCUT2D eigenvalue weighted by molar-refractivity contribution is 0.0165. The third-order valence-electron chi connectivity index (χ3n) is 4.72. The number of hydrogen-bond acceptors (Lipinski definition) is 2. The Morgan fingerprint density at radius 1 is 1.25 bits per heavy atom. The van der Waals surface area contributed by atoms with Gasteiger partial charge in [-0.1, -0.05) is 13.8 Å². The Bertz CT molecular complexity index is 243. The maximum Gasteiger partial charge on any atom is 0.0218 e. The quantitative estimate of drug-likeness (QED) is 0.792. The van der Waals surface area contributed by atoms with Crippen LogP contribution in [-0.4, -0.2) is 35.6 Å². The van der Waals surface area contributed by atoms with E-state index in [2.05, 4.69) is 44.8 Å². The van der Waals surface area contributed by atoms with Crippen LogP contribution >= 0.6 is 0 Å². The van der Waals surface area contributed by atoms with Gasteiger partial charge in [0.2, 0.25) is 0 Å². The highest BCUT2D eigenvalue weighted by atomic mass is 15.3. The minimum Gasteiger partial charge on any atom is -0.311 e. The first-order valence-corrected chi connectivity index (χ1v) is 6.93. The summed E-state index contributed by atoms with van der Waals surface area (Å²) < 4.78 is 0. The van der Waals surface area contributed by atoms with Gasteiger partial charge in [0.1, 0.15) is 0 Å². The molecule has 0 aromatic carbocycles. The van der Waals surface area contributed by atoms with Crippen molar-refractivity contribution in [2.75, 3.05) is 13.1 Å². The van der Waals surface area contributed by atoms with E-state index in [-0.39, 0.29) is 0 Å². The molecule has 1 N–H and O–H groups in total. The minimum absolute atomic E-state index is 0.411. The fourth-order valence-corrected chi connectivity index (χ4v) is 3.16. The average Bonchev–Trinajstić information content (AvgIpc) is 3.00. The van der Waals surface area contributed by atoms with E-state index in [9.17, 15) is 0 Å². The minimum atomic E-state index is 0.411. The lowest BCUT2D eigenvalue weighted by Crippen LogP contribution is -2.63. The molecule has 2 nitrogen and oxygen atoms in total. The molecular weight excluding hydrogens is 196 g/mol. The summed E-state index contributed by atoms with van der Waals surface area (Å²) in [6.07, 6.45) is 2.88. The van der Waals surface area contributed by atoms with Gasteiger partial charge in [0, 0.05) is 30.7 Å². The average molecular weight is 224 g/mol. The van der Waals surface area contributed by atoms with Gasteiger partial charge in [0.15, 0.2) is 0 Å². The molecule has 1 saturated carbocycles. The molecule has 2 atom stereocenters. The summed E-state index contributed by atoms with van der Waals surface area (Å²) in [5, 5.41) is 3.69. The van der Waals surface area contributed by atoms with E-state index in [1.165, 1.54) is 19.4 Å². The summed E-state index contributed by atoms with van der Waals surface area (Å²) in [5.41, 5.74) is 0.411. The first-order chi connectivity index (χ1) is 7.43. The van der Waals surface area contributed by atoms with Gasteiger partial charge in [-0.25, -0.2) is 0 Å². The second-order valence-corrected chi connectivity index (χ2v) is 6.69. The monoisotopic (exact) mass is 224 g/mol. The van der Waals surface area contributed by atoms with Gasteiger partial charge in [-0.15, -0.1) is 0 Å². The van der Waals surface area contributed by atoms with Crippen LogP contribution in [0.5, 0.6) is 0 Å². The SMILES string of the molecule is CC(C)C1CN(C(C)(C)C2CC2)C(C)CN1. The lowest BCUT2D eigenvalue weighted by atomic mass is 9.90. The van der Waals surface area contributed by atoms with Crippen LogP contribution < -0.4 is 5.32 Å². The van der Waals surface area contributed by atoms with E-state index in [1.54, 1.807) is 0 Å². The predicted octanol–water partition coefficient (Wildman–Crippen LogP) is 2.49. The van der Waals surface area contributed by atoms with E-state index in [0.717, 1.165) is 18.4 Å². The Morgan fingerprint density at radius 3 is 2.38 bits per heavy atom. The van der Waals surface area contributed by atoms with E-state index in [0.29, 0.717) is 17.6 Å². The third kappa shape index (κ3) is 2.28. The number of nitrogens with one attached hydrogen (secondary N) is 1. The highest BCUT2D eigenvalue weighted by Gasteiger charge is 2.45. The van der Waals surface area contributed by atoms with Crippen LogP contribution in [0.25, 0.3) is 0 Å². The van der Waals surface area contributed by atoms with Crippen LogP contribution in [0, 0.1) is 11.8 Å². The number of nitrogens with zero attached hydrogens (tertiary/aromatic N) is 1. The molecule has 0 bridgehead atoms.